The Morgan fingerprint density at radius 3 is 2.55 bits per heavy atom. The minimum absolute atomic E-state index is 0.260. The molecule has 10 nitrogen and oxygen atoms in total. The van der Waals surface area contributed by atoms with Crippen LogP contribution in [0.1, 0.15) is 24.0 Å². The molecule has 2 N–H and O–H groups in total. The lowest BCUT2D eigenvalue weighted by Crippen LogP contribution is -2.39. The molecule has 10 heteroatoms. The summed E-state index contributed by atoms with van der Waals surface area (Å²) in [5.41, 5.74) is 10.7. The highest BCUT2D eigenvalue weighted by Crippen LogP contribution is 2.31. The number of fused-ring (bicyclic) bond motifs is 1. The van der Waals surface area contributed by atoms with Crippen molar-refractivity contribution in [2.24, 2.45) is 5.92 Å². The summed E-state index contributed by atoms with van der Waals surface area (Å²) in [4.78, 5) is 34.8. The highest BCUT2D eigenvalue weighted by Gasteiger charge is 2.25. The van der Waals surface area contributed by atoms with Crippen molar-refractivity contribution in [3.8, 4) is 11.3 Å². The number of anilines is 2. The molecule has 0 spiro atoms. The second kappa shape index (κ2) is 11.8. The van der Waals surface area contributed by atoms with E-state index in [-0.39, 0.29) is 12.7 Å². The predicted molar refractivity (Wildman–Crippen MR) is 153 cm³/mol. The molecule has 2 saturated heterocycles. The molecule has 2 aliphatic heterocycles. The molecule has 3 aromatic heterocycles. The second-order valence-corrected chi connectivity index (χ2v) is 10.3. The number of pyridine rings is 2. The number of nitrogens with two attached hydrogens (primary N) is 1. The highest BCUT2D eigenvalue weighted by atomic mass is 16.6. The van der Waals surface area contributed by atoms with Crippen molar-refractivity contribution >= 4 is 28.8 Å². The largest absolute Gasteiger partial charge is 0.445 e. The van der Waals surface area contributed by atoms with Gasteiger partial charge in [0.05, 0.1) is 24.3 Å². The average Bonchev–Trinajstić information content (AvgIpc) is 3.01. The van der Waals surface area contributed by atoms with Gasteiger partial charge in [-0.1, -0.05) is 30.3 Å². The molecule has 2 aliphatic rings. The number of nitrogen functional groups attached to an aromatic ring is 1. The van der Waals surface area contributed by atoms with Gasteiger partial charge in [-0.3, -0.25) is 0 Å². The first-order chi connectivity index (χ1) is 19.6. The number of benzene rings is 1. The fourth-order valence-corrected chi connectivity index (χ4v) is 5.43. The number of nitrogens with zero attached hydrogens (tertiary/aromatic N) is 6. The van der Waals surface area contributed by atoms with Crippen molar-refractivity contribution in [1.82, 2.24) is 24.8 Å². The van der Waals surface area contributed by atoms with Gasteiger partial charge in [-0.2, -0.15) is 0 Å². The van der Waals surface area contributed by atoms with E-state index < -0.39 is 0 Å². The summed E-state index contributed by atoms with van der Waals surface area (Å²) in [6.07, 6.45) is 5.62. The van der Waals surface area contributed by atoms with Crippen LogP contribution in [0.15, 0.2) is 61.1 Å². The number of ether oxygens (including phenoxy) is 2. The molecule has 0 bridgehead atoms. The lowest BCUT2D eigenvalue weighted by atomic mass is 9.89. The van der Waals surface area contributed by atoms with Gasteiger partial charge in [-0.15, -0.1) is 0 Å². The average molecular weight is 540 g/mol. The Labute approximate surface area is 233 Å². The van der Waals surface area contributed by atoms with E-state index in [2.05, 4.69) is 27.0 Å². The molecule has 5 heterocycles. The van der Waals surface area contributed by atoms with Gasteiger partial charge in [0, 0.05) is 37.9 Å². The molecule has 1 aromatic carbocycles. The van der Waals surface area contributed by atoms with Gasteiger partial charge in [0.1, 0.15) is 24.6 Å². The molecule has 4 aromatic rings. The third kappa shape index (κ3) is 5.81. The lowest BCUT2D eigenvalue weighted by molar-refractivity contribution is 0.0823. The number of hydrogen-bond acceptors (Lipinski definition) is 9. The van der Waals surface area contributed by atoms with Crippen molar-refractivity contribution in [3.05, 3.63) is 72.2 Å². The van der Waals surface area contributed by atoms with E-state index in [9.17, 15) is 4.79 Å². The van der Waals surface area contributed by atoms with Crippen molar-refractivity contribution in [3.63, 3.8) is 0 Å². The van der Waals surface area contributed by atoms with Gasteiger partial charge >= 0.3 is 6.09 Å². The molecule has 2 fully saturated rings. The molecular formula is C30H33N7O3. The zero-order chi connectivity index (χ0) is 27.3. The SMILES string of the molecule is Nc1ncnc2nc(-c3ccc(N4CCOCC4)nc3)cc(CC3CCN(C(=O)OCc4ccccc4)CC3)c12. The van der Waals surface area contributed by atoms with E-state index in [0.717, 1.165) is 65.9 Å². The molecule has 40 heavy (non-hydrogen) atoms. The normalized spacial score (nSPS) is 16.3. The number of carbonyl (C=O) groups excluding carboxylic acids is 1. The second-order valence-electron chi connectivity index (χ2n) is 10.3. The number of likely N-dealkylation sites (tertiary alicyclic amines) is 1. The zero-order valence-electron chi connectivity index (χ0n) is 22.4. The Bertz CT molecular complexity index is 1450. The number of piperidine rings is 1. The van der Waals surface area contributed by atoms with Crippen LogP contribution in [0.5, 0.6) is 0 Å². The molecule has 0 radical (unpaired) electrons. The molecule has 0 aliphatic carbocycles. The van der Waals surface area contributed by atoms with E-state index >= 15 is 0 Å². The zero-order valence-corrected chi connectivity index (χ0v) is 22.4. The Balaban J connectivity index is 1.15. The maximum atomic E-state index is 12.6. The van der Waals surface area contributed by atoms with Crippen LogP contribution in [-0.2, 0) is 22.5 Å². The van der Waals surface area contributed by atoms with Crippen molar-refractivity contribution < 1.29 is 14.3 Å². The first-order valence-electron chi connectivity index (χ1n) is 13.8. The minimum Gasteiger partial charge on any atom is -0.445 e. The Morgan fingerprint density at radius 2 is 1.80 bits per heavy atom. The van der Waals surface area contributed by atoms with Crippen LogP contribution in [0.25, 0.3) is 22.3 Å². The highest BCUT2D eigenvalue weighted by molar-refractivity contribution is 5.90. The van der Waals surface area contributed by atoms with Gasteiger partial charge < -0.3 is 25.0 Å². The lowest BCUT2D eigenvalue weighted by Gasteiger charge is -2.31. The molecular weight excluding hydrogens is 506 g/mol. The third-order valence-electron chi connectivity index (χ3n) is 7.68. The summed E-state index contributed by atoms with van der Waals surface area (Å²) in [6.45, 7) is 4.71. The van der Waals surface area contributed by atoms with E-state index in [0.29, 0.717) is 43.7 Å². The number of hydrogen-bond donors (Lipinski definition) is 1. The molecule has 0 unspecified atom stereocenters. The Hall–Kier alpha value is -4.31. The fraction of sp³-hybridized carbons (Fsp3) is 0.367. The van der Waals surface area contributed by atoms with Crippen molar-refractivity contribution in [2.75, 3.05) is 50.0 Å². The van der Waals surface area contributed by atoms with Crippen molar-refractivity contribution in [1.29, 1.82) is 0 Å². The first-order valence-corrected chi connectivity index (χ1v) is 13.8. The summed E-state index contributed by atoms with van der Waals surface area (Å²) in [6, 6.07) is 15.9. The van der Waals surface area contributed by atoms with Gasteiger partial charge in [0.15, 0.2) is 5.65 Å². The monoisotopic (exact) mass is 539 g/mol. The Kier molecular flexibility index (Phi) is 7.67. The summed E-state index contributed by atoms with van der Waals surface area (Å²) < 4.78 is 11.0. The summed E-state index contributed by atoms with van der Waals surface area (Å²) in [5, 5.41) is 0.800. The number of aromatic nitrogens is 4. The van der Waals surface area contributed by atoms with Crippen LogP contribution < -0.4 is 10.6 Å². The minimum atomic E-state index is -0.260. The molecule has 206 valence electrons. The molecule has 0 atom stereocenters. The van der Waals surface area contributed by atoms with E-state index in [1.165, 1.54) is 6.33 Å². The number of amides is 1. The Morgan fingerprint density at radius 1 is 1.00 bits per heavy atom. The fourth-order valence-electron chi connectivity index (χ4n) is 5.43. The standard InChI is InChI=1S/C30H33N7O3/c31-28-27-24(16-21-8-10-37(11-9-21)30(38)40-19-22-4-2-1-3-5-22)17-25(35-29(27)34-20-33-28)23-6-7-26(32-18-23)36-12-14-39-15-13-36/h1-7,17-18,20-21H,8-16,19H2,(H2,31,33,34,35). The van der Waals surface area contributed by atoms with Gasteiger partial charge in [-0.25, -0.2) is 24.7 Å². The van der Waals surface area contributed by atoms with Crippen LogP contribution in [0.2, 0.25) is 0 Å². The van der Waals surface area contributed by atoms with Gasteiger partial charge in [-0.05, 0) is 54.5 Å². The van der Waals surface area contributed by atoms with Crippen LogP contribution in [-0.4, -0.2) is 70.3 Å². The molecule has 6 rings (SSSR count). The smallest absolute Gasteiger partial charge is 0.410 e. The van der Waals surface area contributed by atoms with Gasteiger partial charge in [0.25, 0.3) is 0 Å². The molecule has 1 amide bonds. The number of morpholine rings is 1. The van der Waals surface area contributed by atoms with Gasteiger partial charge in [0.2, 0.25) is 0 Å². The summed E-state index contributed by atoms with van der Waals surface area (Å²) in [5.74, 6) is 1.76. The van der Waals surface area contributed by atoms with Crippen molar-refractivity contribution in [2.45, 2.75) is 25.9 Å². The molecule has 0 saturated carbocycles. The topological polar surface area (TPSA) is 120 Å². The van der Waals surface area contributed by atoms with E-state index in [1.807, 2.05) is 42.6 Å². The number of carbonyl (C=O) groups is 1. The third-order valence-corrected chi connectivity index (χ3v) is 7.68. The quantitative estimate of drug-likeness (QED) is 0.386. The maximum absolute atomic E-state index is 12.6. The van der Waals surface area contributed by atoms with Crippen LogP contribution in [0, 0.1) is 5.92 Å². The summed E-state index contributed by atoms with van der Waals surface area (Å²) in [7, 11) is 0. The first kappa shape index (κ1) is 25.9. The number of rotatable bonds is 6. The van der Waals surface area contributed by atoms with Crippen LogP contribution in [0.3, 0.4) is 0 Å². The maximum Gasteiger partial charge on any atom is 0.410 e. The summed E-state index contributed by atoms with van der Waals surface area (Å²) >= 11 is 0. The van der Waals surface area contributed by atoms with E-state index in [4.69, 9.17) is 25.2 Å². The van der Waals surface area contributed by atoms with Crippen LogP contribution in [0.4, 0.5) is 16.4 Å². The van der Waals surface area contributed by atoms with E-state index in [1.54, 1.807) is 4.90 Å². The van der Waals surface area contributed by atoms with Crippen LogP contribution >= 0.6 is 0 Å². The predicted octanol–water partition coefficient (Wildman–Crippen LogP) is 4.10.